The van der Waals surface area contributed by atoms with Gasteiger partial charge >= 0.3 is 0 Å². The molecule has 2 N–H and O–H groups in total. The number of pyridine rings is 1. The summed E-state index contributed by atoms with van der Waals surface area (Å²) in [5.74, 6) is 1.51. The van der Waals surface area contributed by atoms with Gasteiger partial charge in [-0.05, 0) is 45.1 Å². The number of halogens is 1. The summed E-state index contributed by atoms with van der Waals surface area (Å²) in [7, 11) is 1.70. The topological polar surface area (TPSA) is 67.8 Å². The second kappa shape index (κ2) is 13.1. The largest absolute Gasteiger partial charge is 0.474 e. The Hall–Kier alpha value is -1.09. The fraction of sp³-hybridized carbons (Fsp3) is 0.684. The minimum absolute atomic E-state index is 0. The van der Waals surface area contributed by atoms with Crippen LogP contribution in [0, 0.1) is 0 Å². The monoisotopic (exact) mass is 476 g/mol. The summed E-state index contributed by atoms with van der Waals surface area (Å²) < 4.78 is 11.1. The molecule has 0 aromatic carbocycles. The second-order valence-corrected chi connectivity index (χ2v) is 6.58. The van der Waals surface area contributed by atoms with E-state index < -0.39 is 0 Å². The highest BCUT2D eigenvalue weighted by atomic mass is 127. The number of hydrogen-bond acceptors (Lipinski definition) is 4. The molecule has 1 atom stereocenters. The molecule has 1 aromatic rings. The predicted octanol–water partition coefficient (Wildman–Crippen LogP) is 3.50. The molecule has 1 aliphatic rings. The SMILES string of the molecule is CCNC(=NCc1ccc(OC2CCCCC2)nc1)NC(C)COC.I. The predicted molar refractivity (Wildman–Crippen MR) is 116 cm³/mol. The molecule has 1 heterocycles. The summed E-state index contributed by atoms with van der Waals surface area (Å²) in [6, 6.07) is 4.19. The molecule has 0 saturated heterocycles. The van der Waals surface area contributed by atoms with E-state index in [1.165, 1.54) is 19.3 Å². The Morgan fingerprint density at radius 3 is 2.69 bits per heavy atom. The molecular weight excluding hydrogens is 443 g/mol. The number of guanidine groups is 1. The Bertz CT molecular complexity index is 519. The molecule has 7 heteroatoms. The first-order valence-electron chi connectivity index (χ1n) is 9.36. The third kappa shape index (κ3) is 8.53. The van der Waals surface area contributed by atoms with Gasteiger partial charge in [0.05, 0.1) is 13.2 Å². The van der Waals surface area contributed by atoms with E-state index in [9.17, 15) is 0 Å². The Balaban J connectivity index is 0.00000338. The molecule has 0 amide bonds. The van der Waals surface area contributed by atoms with E-state index in [1.807, 2.05) is 18.3 Å². The molecule has 1 saturated carbocycles. The van der Waals surface area contributed by atoms with Gasteiger partial charge in [0.1, 0.15) is 6.10 Å². The third-order valence-corrected chi connectivity index (χ3v) is 4.20. The minimum atomic E-state index is 0. The first kappa shape index (κ1) is 23.0. The quantitative estimate of drug-likeness (QED) is 0.342. The number of nitrogens with zero attached hydrogens (tertiary/aromatic N) is 2. The lowest BCUT2D eigenvalue weighted by molar-refractivity contribution is 0.148. The molecule has 0 aliphatic heterocycles. The molecule has 6 nitrogen and oxygen atoms in total. The molecule has 1 aliphatic carbocycles. The van der Waals surface area contributed by atoms with Crippen molar-refractivity contribution in [2.75, 3.05) is 20.3 Å². The highest BCUT2D eigenvalue weighted by Gasteiger charge is 2.15. The number of aromatic nitrogens is 1. The summed E-state index contributed by atoms with van der Waals surface area (Å²) in [5, 5.41) is 6.57. The van der Waals surface area contributed by atoms with Crippen LogP contribution < -0.4 is 15.4 Å². The van der Waals surface area contributed by atoms with Crippen LogP contribution in [0.1, 0.15) is 51.5 Å². The Labute approximate surface area is 174 Å². The van der Waals surface area contributed by atoms with E-state index in [4.69, 9.17) is 9.47 Å². The minimum Gasteiger partial charge on any atom is -0.474 e. The number of nitrogens with one attached hydrogen (secondary N) is 2. The zero-order chi connectivity index (χ0) is 17.9. The van der Waals surface area contributed by atoms with Crippen LogP contribution in [0.25, 0.3) is 0 Å². The normalized spacial score (nSPS) is 16.5. The summed E-state index contributed by atoms with van der Waals surface area (Å²) in [6.07, 6.45) is 8.32. The first-order chi connectivity index (χ1) is 12.2. The molecule has 1 fully saturated rings. The maximum Gasteiger partial charge on any atom is 0.213 e. The smallest absolute Gasteiger partial charge is 0.213 e. The van der Waals surface area contributed by atoms with Crippen molar-refractivity contribution in [2.45, 2.75) is 64.6 Å². The standard InChI is InChI=1S/C19H32N4O2.HI/c1-4-20-19(23-15(2)14-24-3)22-13-16-10-11-18(21-12-16)25-17-8-6-5-7-9-17;/h10-12,15,17H,4-9,13-14H2,1-3H3,(H2,20,22,23);1H. The van der Waals surface area contributed by atoms with Gasteiger partial charge in [-0.2, -0.15) is 0 Å². The van der Waals surface area contributed by atoms with Gasteiger partial charge in [-0.25, -0.2) is 9.98 Å². The van der Waals surface area contributed by atoms with Crippen LogP contribution >= 0.6 is 24.0 Å². The number of ether oxygens (including phenoxy) is 2. The fourth-order valence-electron chi connectivity index (χ4n) is 2.94. The molecule has 0 radical (unpaired) electrons. The molecule has 0 spiro atoms. The van der Waals surface area contributed by atoms with Gasteiger partial charge < -0.3 is 20.1 Å². The van der Waals surface area contributed by atoms with Crippen LogP contribution in [0.15, 0.2) is 23.3 Å². The molecule has 1 aromatic heterocycles. The summed E-state index contributed by atoms with van der Waals surface area (Å²) in [5.41, 5.74) is 1.06. The lowest BCUT2D eigenvalue weighted by atomic mass is 9.98. The third-order valence-electron chi connectivity index (χ3n) is 4.20. The summed E-state index contributed by atoms with van der Waals surface area (Å²) in [4.78, 5) is 9.04. The van der Waals surface area contributed by atoms with Crippen molar-refractivity contribution < 1.29 is 9.47 Å². The number of hydrogen-bond donors (Lipinski definition) is 2. The van der Waals surface area contributed by atoms with E-state index in [-0.39, 0.29) is 30.0 Å². The van der Waals surface area contributed by atoms with Crippen molar-refractivity contribution in [3.05, 3.63) is 23.9 Å². The summed E-state index contributed by atoms with van der Waals surface area (Å²) in [6.45, 7) is 6.15. The summed E-state index contributed by atoms with van der Waals surface area (Å²) >= 11 is 0. The Morgan fingerprint density at radius 2 is 2.08 bits per heavy atom. The van der Waals surface area contributed by atoms with E-state index >= 15 is 0 Å². The van der Waals surface area contributed by atoms with Gasteiger partial charge in [0.2, 0.25) is 5.88 Å². The fourth-order valence-corrected chi connectivity index (χ4v) is 2.94. The van der Waals surface area contributed by atoms with Crippen molar-refractivity contribution in [3.63, 3.8) is 0 Å². The first-order valence-corrected chi connectivity index (χ1v) is 9.36. The zero-order valence-electron chi connectivity index (χ0n) is 16.2. The van der Waals surface area contributed by atoms with Crippen LogP contribution in [0.4, 0.5) is 0 Å². The van der Waals surface area contributed by atoms with Crippen molar-refractivity contribution in [1.29, 1.82) is 0 Å². The van der Waals surface area contributed by atoms with Crippen molar-refractivity contribution in [1.82, 2.24) is 15.6 Å². The van der Waals surface area contributed by atoms with Gasteiger partial charge in [0.15, 0.2) is 5.96 Å². The lowest BCUT2D eigenvalue weighted by Gasteiger charge is -2.22. The zero-order valence-corrected chi connectivity index (χ0v) is 18.5. The van der Waals surface area contributed by atoms with Gasteiger partial charge in [-0.15, -0.1) is 24.0 Å². The lowest BCUT2D eigenvalue weighted by Crippen LogP contribution is -2.43. The molecule has 2 rings (SSSR count). The second-order valence-electron chi connectivity index (χ2n) is 6.58. The van der Waals surface area contributed by atoms with Crippen LogP contribution in [0.2, 0.25) is 0 Å². The average Bonchev–Trinajstić information content (AvgIpc) is 2.62. The van der Waals surface area contributed by atoms with Crippen molar-refractivity contribution in [3.8, 4) is 5.88 Å². The van der Waals surface area contributed by atoms with Gasteiger partial charge in [0, 0.05) is 32.0 Å². The van der Waals surface area contributed by atoms with E-state index in [2.05, 4.69) is 34.5 Å². The average molecular weight is 476 g/mol. The van der Waals surface area contributed by atoms with Crippen molar-refractivity contribution >= 4 is 29.9 Å². The van der Waals surface area contributed by atoms with E-state index in [0.29, 0.717) is 19.3 Å². The van der Waals surface area contributed by atoms with E-state index in [0.717, 1.165) is 36.8 Å². The Kier molecular flexibility index (Phi) is 11.6. The maximum atomic E-state index is 5.97. The van der Waals surface area contributed by atoms with Gasteiger partial charge in [-0.1, -0.05) is 12.5 Å². The molecule has 0 bridgehead atoms. The highest BCUT2D eigenvalue weighted by Crippen LogP contribution is 2.22. The molecule has 148 valence electrons. The molecule has 1 unspecified atom stereocenters. The molecular formula is C19H33IN4O2. The van der Waals surface area contributed by atoms with Crippen molar-refractivity contribution in [2.24, 2.45) is 4.99 Å². The van der Waals surface area contributed by atoms with Crippen LogP contribution in [0.3, 0.4) is 0 Å². The highest BCUT2D eigenvalue weighted by molar-refractivity contribution is 14.0. The van der Waals surface area contributed by atoms with Gasteiger partial charge in [-0.3, -0.25) is 0 Å². The van der Waals surface area contributed by atoms with Crippen LogP contribution in [-0.2, 0) is 11.3 Å². The number of methoxy groups -OCH3 is 1. The Morgan fingerprint density at radius 1 is 1.31 bits per heavy atom. The van der Waals surface area contributed by atoms with Crippen LogP contribution in [0.5, 0.6) is 5.88 Å². The number of rotatable bonds is 8. The number of aliphatic imine (C=N–C) groups is 1. The maximum absolute atomic E-state index is 5.97. The van der Waals surface area contributed by atoms with E-state index in [1.54, 1.807) is 7.11 Å². The van der Waals surface area contributed by atoms with Gasteiger partial charge in [0.25, 0.3) is 0 Å². The van der Waals surface area contributed by atoms with Crippen LogP contribution in [-0.4, -0.2) is 43.4 Å². The molecule has 26 heavy (non-hydrogen) atoms.